The van der Waals surface area contributed by atoms with Crippen molar-refractivity contribution in [3.8, 4) is 0 Å². The molecule has 1 aliphatic rings. The molecule has 1 aromatic rings. The third kappa shape index (κ3) is 1.88. The van der Waals surface area contributed by atoms with E-state index in [0.717, 1.165) is 12.0 Å². The number of hydrogen-bond acceptors (Lipinski definition) is 2. The Balaban J connectivity index is 2.38. The van der Waals surface area contributed by atoms with Gasteiger partial charge in [0.25, 0.3) is 5.91 Å². The summed E-state index contributed by atoms with van der Waals surface area (Å²) in [6.07, 6.45) is 0.852. The van der Waals surface area contributed by atoms with Crippen molar-refractivity contribution in [1.82, 2.24) is 4.90 Å². The highest BCUT2D eigenvalue weighted by Gasteiger charge is 2.43. The van der Waals surface area contributed by atoms with Crippen LogP contribution in [-0.4, -0.2) is 29.4 Å². The summed E-state index contributed by atoms with van der Waals surface area (Å²) in [4.78, 5) is 27.5. The standard InChI is InChI=1S/C14H18N2O2/c1-4-9-15-11(3)13(17)16(14(15)18)12-8-6-5-7-10(12)2/h5-8,11H,4,9H2,1-3H3/t11-/m1/s1. The number of anilines is 1. The normalized spacial score (nSPS) is 19.8. The van der Waals surface area contributed by atoms with Crippen LogP contribution in [0.15, 0.2) is 24.3 Å². The van der Waals surface area contributed by atoms with Crippen LogP contribution >= 0.6 is 0 Å². The number of benzene rings is 1. The third-order valence-electron chi connectivity index (χ3n) is 3.30. The average Bonchev–Trinajstić information content (AvgIpc) is 2.55. The molecule has 1 aromatic carbocycles. The lowest BCUT2D eigenvalue weighted by Crippen LogP contribution is -2.34. The van der Waals surface area contributed by atoms with E-state index in [1.165, 1.54) is 4.90 Å². The van der Waals surface area contributed by atoms with Crippen molar-refractivity contribution in [1.29, 1.82) is 0 Å². The Hall–Kier alpha value is -1.84. The third-order valence-corrected chi connectivity index (χ3v) is 3.30. The van der Waals surface area contributed by atoms with Crippen molar-refractivity contribution < 1.29 is 9.59 Å². The summed E-state index contributed by atoms with van der Waals surface area (Å²) < 4.78 is 0. The number of para-hydroxylation sites is 1. The maximum Gasteiger partial charge on any atom is 0.332 e. The molecule has 0 bridgehead atoms. The number of nitrogens with zero attached hydrogens (tertiary/aromatic N) is 2. The van der Waals surface area contributed by atoms with E-state index in [0.29, 0.717) is 12.2 Å². The smallest absolute Gasteiger partial charge is 0.312 e. The van der Waals surface area contributed by atoms with Gasteiger partial charge in [-0.3, -0.25) is 4.79 Å². The topological polar surface area (TPSA) is 40.6 Å². The summed E-state index contributed by atoms with van der Waals surface area (Å²) in [5, 5.41) is 0. The van der Waals surface area contributed by atoms with E-state index in [-0.39, 0.29) is 18.0 Å². The lowest BCUT2D eigenvalue weighted by atomic mass is 10.2. The molecule has 1 heterocycles. The van der Waals surface area contributed by atoms with Gasteiger partial charge in [0, 0.05) is 6.54 Å². The number of imide groups is 1. The molecule has 1 fully saturated rings. The van der Waals surface area contributed by atoms with Gasteiger partial charge in [0.05, 0.1) is 5.69 Å². The van der Waals surface area contributed by atoms with Crippen LogP contribution in [0.3, 0.4) is 0 Å². The molecular formula is C14H18N2O2. The maximum absolute atomic E-state index is 12.3. The fraction of sp³-hybridized carbons (Fsp3) is 0.429. The van der Waals surface area contributed by atoms with Gasteiger partial charge >= 0.3 is 6.03 Å². The molecule has 3 amide bonds. The van der Waals surface area contributed by atoms with Crippen molar-refractivity contribution in [2.45, 2.75) is 33.2 Å². The highest BCUT2D eigenvalue weighted by molar-refractivity contribution is 6.21. The average molecular weight is 246 g/mol. The maximum atomic E-state index is 12.3. The first-order valence-corrected chi connectivity index (χ1v) is 6.28. The molecule has 1 aliphatic heterocycles. The Labute approximate surface area is 107 Å². The summed E-state index contributed by atoms with van der Waals surface area (Å²) in [6.45, 7) is 6.31. The Morgan fingerprint density at radius 3 is 2.50 bits per heavy atom. The molecule has 0 aliphatic carbocycles. The minimum atomic E-state index is -0.364. The highest BCUT2D eigenvalue weighted by Crippen LogP contribution is 2.27. The molecule has 0 radical (unpaired) electrons. The Morgan fingerprint density at radius 1 is 1.22 bits per heavy atom. The quantitative estimate of drug-likeness (QED) is 0.769. The fourth-order valence-electron chi connectivity index (χ4n) is 2.27. The second kappa shape index (κ2) is 4.80. The van der Waals surface area contributed by atoms with Crippen LogP contribution in [0, 0.1) is 6.92 Å². The van der Waals surface area contributed by atoms with Crippen LogP contribution in [0.1, 0.15) is 25.8 Å². The zero-order chi connectivity index (χ0) is 13.3. The fourth-order valence-corrected chi connectivity index (χ4v) is 2.27. The second-order valence-electron chi connectivity index (χ2n) is 4.61. The highest BCUT2D eigenvalue weighted by atomic mass is 16.2. The van der Waals surface area contributed by atoms with Crippen LogP contribution in [0.5, 0.6) is 0 Å². The molecule has 18 heavy (non-hydrogen) atoms. The monoisotopic (exact) mass is 246 g/mol. The van der Waals surface area contributed by atoms with Gasteiger partial charge in [-0.2, -0.15) is 0 Å². The number of rotatable bonds is 3. The number of carbonyl (C=O) groups is 2. The first kappa shape index (κ1) is 12.6. The SMILES string of the molecule is CCCN1C(=O)N(c2ccccc2C)C(=O)[C@H]1C. The van der Waals surface area contributed by atoms with Crippen LogP contribution in [0.25, 0.3) is 0 Å². The predicted octanol–water partition coefficient (Wildman–Crippen LogP) is 2.56. The summed E-state index contributed by atoms with van der Waals surface area (Å²) in [6, 6.07) is 6.89. The molecule has 0 aromatic heterocycles. The molecule has 4 nitrogen and oxygen atoms in total. The van der Waals surface area contributed by atoms with E-state index in [4.69, 9.17) is 0 Å². The van der Waals surface area contributed by atoms with Crippen LogP contribution in [0.2, 0.25) is 0 Å². The Kier molecular flexibility index (Phi) is 3.36. The van der Waals surface area contributed by atoms with Crippen molar-refractivity contribution in [2.75, 3.05) is 11.4 Å². The molecule has 2 rings (SSSR count). The van der Waals surface area contributed by atoms with Gasteiger partial charge in [0.1, 0.15) is 6.04 Å². The Bertz CT molecular complexity index is 484. The number of hydrogen-bond donors (Lipinski definition) is 0. The second-order valence-corrected chi connectivity index (χ2v) is 4.61. The zero-order valence-corrected chi connectivity index (χ0v) is 11.0. The largest absolute Gasteiger partial charge is 0.332 e. The molecule has 0 spiro atoms. The zero-order valence-electron chi connectivity index (χ0n) is 11.0. The summed E-state index contributed by atoms with van der Waals surface area (Å²) in [5.41, 5.74) is 1.63. The van der Waals surface area contributed by atoms with Gasteiger partial charge in [-0.1, -0.05) is 25.1 Å². The van der Waals surface area contributed by atoms with E-state index in [1.54, 1.807) is 11.8 Å². The van der Waals surface area contributed by atoms with Gasteiger partial charge in [0.15, 0.2) is 0 Å². The molecule has 96 valence electrons. The van der Waals surface area contributed by atoms with Gasteiger partial charge in [0.2, 0.25) is 0 Å². The molecule has 1 atom stereocenters. The van der Waals surface area contributed by atoms with E-state index < -0.39 is 0 Å². The van der Waals surface area contributed by atoms with Crippen molar-refractivity contribution in [3.05, 3.63) is 29.8 Å². The predicted molar refractivity (Wildman–Crippen MR) is 70.5 cm³/mol. The molecular weight excluding hydrogens is 228 g/mol. The summed E-state index contributed by atoms with van der Waals surface area (Å²) in [5.74, 6) is -0.136. The minimum Gasteiger partial charge on any atom is -0.312 e. The first-order valence-electron chi connectivity index (χ1n) is 6.28. The van der Waals surface area contributed by atoms with E-state index >= 15 is 0 Å². The number of amides is 3. The molecule has 4 heteroatoms. The number of carbonyl (C=O) groups excluding carboxylic acids is 2. The van der Waals surface area contributed by atoms with Gasteiger partial charge in [-0.15, -0.1) is 0 Å². The molecule has 0 saturated carbocycles. The lowest BCUT2D eigenvalue weighted by Gasteiger charge is -2.18. The van der Waals surface area contributed by atoms with E-state index in [2.05, 4.69) is 0 Å². The number of aryl methyl sites for hydroxylation is 1. The van der Waals surface area contributed by atoms with Gasteiger partial charge < -0.3 is 4.90 Å². The molecule has 1 saturated heterocycles. The van der Waals surface area contributed by atoms with Crippen molar-refractivity contribution >= 4 is 17.6 Å². The van der Waals surface area contributed by atoms with E-state index in [1.807, 2.05) is 38.1 Å². The van der Waals surface area contributed by atoms with Gasteiger partial charge in [-0.05, 0) is 31.9 Å². The van der Waals surface area contributed by atoms with Crippen LogP contribution in [0.4, 0.5) is 10.5 Å². The van der Waals surface area contributed by atoms with Gasteiger partial charge in [-0.25, -0.2) is 9.69 Å². The minimum absolute atomic E-state index is 0.136. The lowest BCUT2D eigenvalue weighted by molar-refractivity contribution is -0.119. The Morgan fingerprint density at radius 2 is 1.89 bits per heavy atom. The summed E-state index contributed by atoms with van der Waals surface area (Å²) >= 11 is 0. The molecule has 0 N–H and O–H groups in total. The van der Waals surface area contributed by atoms with Crippen LogP contribution < -0.4 is 4.90 Å². The first-order chi connectivity index (χ1) is 8.57. The summed E-state index contributed by atoms with van der Waals surface area (Å²) in [7, 11) is 0. The van der Waals surface area contributed by atoms with Crippen molar-refractivity contribution in [3.63, 3.8) is 0 Å². The van der Waals surface area contributed by atoms with Crippen LogP contribution in [-0.2, 0) is 4.79 Å². The van der Waals surface area contributed by atoms with E-state index in [9.17, 15) is 9.59 Å². The molecule has 0 unspecified atom stereocenters. The number of urea groups is 1. The van der Waals surface area contributed by atoms with Crippen molar-refractivity contribution in [2.24, 2.45) is 0 Å².